The van der Waals surface area contributed by atoms with Crippen molar-refractivity contribution in [2.45, 2.75) is 26.3 Å². The first kappa shape index (κ1) is 21.0. The molecule has 1 aromatic rings. The molecule has 0 aliphatic carbocycles. The minimum atomic E-state index is -0.711. The number of hydrogen-bond acceptors (Lipinski definition) is 6. The second kappa shape index (κ2) is 10.8. The van der Waals surface area contributed by atoms with E-state index in [1.165, 1.54) is 26.4 Å². The molecule has 0 aliphatic rings. The molecule has 1 atom stereocenters. The molecule has 0 spiro atoms. The van der Waals surface area contributed by atoms with Crippen LogP contribution in [0.5, 0.6) is 11.5 Å². The summed E-state index contributed by atoms with van der Waals surface area (Å²) in [6, 6.07) is 4.44. The average molecular weight is 364 g/mol. The highest BCUT2D eigenvalue weighted by molar-refractivity contribution is 5.96. The van der Waals surface area contributed by atoms with Gasteiger partial charge in [-0.2, -0.15) is 0 Å². The predicted octanol–water partition coefficient (Wildman–Crippen LogP) is 1.88. The third kappa shape index (κ3) is 7.25. The topological polar surface area (TPSA) is 103 Å². The summed E-state index contributed by atoms with van der Waals surface area (Å²) >= 11 is 0. The van der Waals surface area contributed by atoms with Gasteiger partial charge in [0.2, 0.25) is 0 Å². The molecule has 2 N–H and O–H groups in total. The van der Waals surface area contributed by atoms with Crippen LogP contribution >= 0.6 is 0 Å². The molecule has 0 radical (unpaired) electrons. The zero-order valence-electron chi connectivity index (χ0n) is 15.3. The molecule has 0 unspecified atom stereocenters. The third-order valence-corrected chi connectivity index (χ3v) is 3.41. The standard InChI is InChI=1S/C18H24N2O6/c1-5-12(2)19-18(23)20-16(21)11-26-17(22)9-7-13-6-8-14(24-3)15(10-13)25-4/h6-10,12H,5,11H2,1-4H3,(H2,19,20,21,23)/b9-7+/t12-/m0/s1. The SMILES string of the molecule is CC[C@H](C)NC(=O)NC(=O)COC(=O)/C=C/c1ccc(OC)c(OC)c1. The van der Waals surface area contributed by atoms with E-state index in [0.29, 0.717) is 17.1 Å². The number of imide groups is 1. The van der Waals surface area contributed by atoms with Gasteiger partial charge >= 0.3 is 12.0 Å². The van der Waals surface area contributed by atoms with Gasteiger partial charge in [0.1, 0.15) is 0 Å². The van der Waals surface area contributed by atoms with Crippen molar-refractivity contribution in [1.29, 1.82) is 0 Å². The van der Waals surface area contributed by atoms with Crippen LogP contribution in [-0.4, -0.2) is 44.8 Å². The van der Waals surface area contributed by atoms with Crippen LogP contribution < -0.4 is 20.1 Å². The number of urea groups is 1. The largest absolute Gasteiger partial charge is 0.493 e. The summed E-state index contributed by atoms with van der Waals surface area (Å²) in [5, 5.41) is 4.65. The number of rotatable bonds is 8. The van der Waals surface area contributed by atoms with Crippen LogP contribution in [0.2, 0.25) is 0 Å². The fourth-order valence-electron chi connectivity index (χ4n) is 1.83. The summed E-state index contributed by atoms with van der Waals surface area (Å²) in [6.07, 6.45) is 3.42. The number of benzene rings is 1. The quantitative estimate of drug-likeness (QED) is 0.539. The first-order chi connectivity index (χ1) is 12.4. The Morgan fingerprint density at radius 3 is 2.46 bits per heavy atom. The zero-order chi connectivity index (χ0) is 19.5. The molecule has 26 heavy (non-hydrogen) atoms. The molecule has 8 nitrogen and oxygen atoms in total. The van der Waals surface area contributed by atoms with Gasteiger partial charge in [-0.05, 0) is 37.1 Å². The summed E-state index contributed by atoms with van der Waals surface area (Å²) in [7, 11) is 3.04. The van der Waals surface area contributed by atoms with Crippen molar-refractivity contribution < 1.29 is 28.6 Å². The van der Waals surface area contributed by atoms with E-state index < -0.39 is 24.5 Å². The lowest BCUT2D eigenvalue weighted by atomic mass is 10.2. The second-order valence-corrected chi connectivity index (χ2v) is 5.39. The van der Waals surface area contributed by atoms with Crippen LogP contribution in [-0.2, 0) is 14.3 Å². The Morgan fingerprint density at radius 1 is 1.15 bits per heavy atom. The minimum Gasteiger partial charge on any atom is -0.493 e. The molecule has 142 valence electrons. The summed E-state index contributed by atoms with van der Waals surface area (Å²) < 4.78 is 15.1. The maximum atomic E-state index is 11.7. The van der Waals surface area contributed by atoms with E-state index in [1.807, 2.05) is 13.8 Å². The molecule has 0 fully saturated rings. The highest BCUT2D eigenvalue weighted by Crippen LogP contribution is 2.27. The molecule has 0 saturated heterocycles. The summed E-state index contributed by atoms with van der Waals surface area (Å²) in [4.78, 5) is 34.7. The minimum absolute atomic E-state index is 0.0604. The van der Waals surface area contributed by atoms with E-state index in [-0.39, 0.29) is 6.04 Å². The van der Waals surface area contributed by atoms with Gasteiger partial charge in [-0.15, -0.1) is 0 Å². The number of amides is 3. The lowest BCUT2D eigenvalue weighted by molar-refractivity contribution is -0.143. The molecule has 0 heterocycles. The van der Waals surface area contributed by atoms with E-state index in [2.05, 4.69) is 10.6 Å². The first-order valence-corrected chi connectivity index (χ1v) is 8.06. The van der Waals surface area contributed by atoms with E-state index in [0.717, 1.165) is 6.42 Å². The van der Waals surface area contributed by atoms with E-state index >= 15 is 0 Å². The monoisotopic (exact) mass is 364 g/mol. The number of carbonyl (C=O) groups excluding carboxylic acids is 3. The number of carbonyl (C=O) groups is 3. The number of methoxy groups -OCH3 is 2. The molecule has 0 aromatic heterocycles. The van der Waals surface area contributed by atoms with Gasteiger partial charge in [-0.25, -0.2) is 9.59 Å². The average Bonchev–Trinajstić information content (AvgIpc) is 2.63. The van der Waals surface area contributed by atoms with Crippen molar-refractivity contribution in [1.82, 2.24) is 10.6 Å². The molecule has 0 saturated carbocycles. The van der Waals surface area contributed by atoms with Crippen LogP contribution in [0.3, 0.4) is 0 Å². The Balaban J connectivity index is 2.47. The van der Waals surface area contributed by atoms with E-state index in [4.69, 9.17) is 14.2 Å². The van der Waals surface area contributed by atoms with E-state index in [9.17, 15) is 14.4 Å². The van der Waals surface area contributed by atoms with Crippen LogP contribution in [0.25, 0.3) is 6.08 Å². The Hall–Kier alpha value is -3.03. The second-order valence-electron chi connectivity index (χ2n) is 5.39. The van der Waals surface area contributed by atoms with Crippen molar-refractivity contribution in [2.24, 2.45) is 0 Å². The molecule has 1 rings (SSSR count). The third-order valence-electron chi connectivity index (χ3n) is 3.41. The Labute approximate surface area is 152 Å². The van der Waals surface area contributed by atoms with Gasteiger partial charge in [-0.1, -0.05) is 13.0 Å². The van der Waals surface area contributed by atoms with Crippen molar-refractivity contribution in [3.05, 3.63) is 29.8 Å². The molecular formula is C18H24N2O6. The summed E-state index contributed by atoms with van der Waals surface area (Å²) in [6.45, 7) is 3.16. The number of esters is 1. The summed E-state index contributed by atoms with van der Waals surface area (Å²) in [5.41, 5.74) is 0.692. The zero-order valence-corrected chi connectivity index (χ0v) is 15.3. The molecule has 1 aromatic carbocycles. The van der Waals surface area contributed by atoms with Gasteiger partial charge in [0.15, 0.2) is 18.1 Å². The Kier molecular flexibility index (Phi) is 8.69. The molecule has 3 amide bonds. The summed E-state index contributed by atoms with van der Waals surface area (Å²) in [5.74, 6) is -0.329. The highest BCUT2D eigenvalue weighted by atomic mass is 16.5. The van der Waals surface area contributed by atoms with Gasteiger partial charge in [0.25, 0.3) is 5.91 Å². The Bertz CT molecular complexity index is 672. The van der Waals surface area contributed by atoms with Gasteiger partial charge in [0, 0.05) is 12.1 Å². The normalized spacial score (nSPS) is 11.5. The fourth-order valence-corrected chi connectivity index (χ4v) is 1.83. The number of nitrogens with one attached hydrogen (secondary N) is 2. The maximum absolute atomic E-state index is 11.7. The lowest BCUT2D eigenvalue weighted by Gasteiger charge is -2.11. The molecule has 8 heteroatoms. The van der Waals surface area contributed by atoms with Crippen LogP contribution in [0.15, 0.2) is 24.3 Å². The van der Waals surface area contributed by atoms with Crippen molar-refractivity contribution in [2.75, 3.05) is 20.8 Å². The lowest BCUT2D eigenvalue weighted by Crippen LogP contribution is -2.44. The van der Waals surface area contributed by atoms with Crippen molar-refractivity contribution in [3.63, 3.8) is 0 Å². The van der Waals surface area contributed by atoms with Crippen LogP contribution in [0, 0.1) is 0 Å². The number of ether oxygens (including phenoxy) is 3. The maximum Gasteiger partial charge on any atom is 0.331 e. The van der Waals surface area contributed by atoms with Crippen LogP contribution in [0.1, 0.15) is 25.8 Å². The van der Waals surface area contributed by atoms with Crippen molar-refractivity contribution in [3.8, 4) is 11.5 Å². The van der Waals surface area contributed by atoms with Gasteiger partial charge in [-0.3, -0.25) is 10.1 Å². The van der Waals surface area contributed by atoms with E-state index in [1.54, 1.807) is 18.2 Å². The van der Waals surface area contributed by atoms with Gasteiger partial charge < -0.3 is 19.5 Å². The fraction of sp³-hybridized carbons (Fsp3) is 0.389. The first-order valence-electron chi connectivity index (χ1n) is 8.06. The van der Waals surface area contributed by atoms with Crippen molar-refractivity contribution >= 4 is 24.0 Å². The predicted molar refractivity (Wildman–Crippen MR) is 96.0 cm³/mol. The Morgan fingerprint density at radius 2 is 1.85 bits per heavy atom. The molecule has 0 aliphatic heterocycles. The molecule has 0 bridgehead atoms. The highest BCUT2D eigenvalue weighted by Gasteiger charge is 2.11. The van der Waals surface area contributed by atoms with Gasteiger partial charge in [0.05, 0.1) is 14.2 Å². The molecular weight excluding hydrogens is 340 g/mol. The smallest absolute Gasteiger partial charge is 0.331 e. The number of hydrogen-bond donors (Lipinski definition) is 2. The van der Waals surface area contributed by atoms with Crippen LogP contribution in [0.4, 0.5) is 4.79 Å².